The third-order valence-electron chi connectivity index (χ3n) is 10.7. The van der Waals surface area contributed by atoms with Crippen LogP contribution in [0.25, 0.3) is 0 Å². The van der Waals surface area contributed by atoms with Crippen LogP contribution >= 0.6 is 0 Å². The Bertz CT molecular complexity index is 1160. The van der Waals surface area contributed by atoms with E-state index in [2.05, 4.69) is 93.7 Å². The van der Waals surface area contributed by atoms with Crippen molar-refractivity contribution in [3.05, 3.63) is 72.9 Å². The lowest BCUT2D eigenvalue weighted by Crippen LogP contribution is -2.30. The second-order valence-electron chi connectivity index (χ2n) is 16.7. The molecule has 0 fully saturated rings. The average molecular weight is 851 g/mol. The molecule has 0 saturated heterocycles. The van der Waals surface area contributed by atoms with Crippen LogP contribution in [0.5, 0.6) is 0 Å². The van der Waals surface area contributed by atoms with Gasteiger partial charge in [-0.25, -0.2) is 0 Å². The predicted molar refractivity (Wildman–Crippen MR) is 261 cm³/mol. The lowest BCUT2D eigenvalue weighted by molar-refractivity contribution is -0.167. The minimum Gasteiger partial charge on any atom is -0.462 e. The number of hydrogen-bond donors (Lipinski definition) is 0. The largest absolute Gasteiger partial charge is 0.462 e. The molecular weight excluding hydrogens is 757 g/mol. The molecule has 0 N–H and O–H groups in total. The zero-order valence-electron chi connectivity index (χ0n) is 39.9. The second-order valence-corrected chi connectivity index (χ2v) is 16.7. The molecule has 0 aliphatic carbocycles. The van der Waals surface area contributed by atoms with Gasteiger partial charge in [0.05, 0.1) is 0 Å². The fraction of sp³-hybridized carbons (Fsp3) is 0.727. The van der Waals surface area contributed by atoms with Gasteiger partial charge >= 0.3 is 17.9 Å². The summed E-state index contributed by atoms with van der Waals surface area (Å²) in [6, 6.07) is 0. The van der Waals surface area contributed by atoms with Crippen LogP contribution in [-0.4, -0.2) is 37.2 Å². The number of ether oxygens (including phenoxy) is 3. The van der Waals surface area contributed by atoms with E-state index in [9.17, 15) is 14.4 Å². The number of carbonyl (C=O) groups excluding carboxylic acids is 3. The maximum Gasteiger partial charge on any atom is 0.306 e. The first-order valence-corrected chi connectivity index (χ1v) is 25.4. The van der Waals surface area contributed by atoms with Crippen molar-refractivity contribution in [2.45, 2.75) is 245 Å². The Kier molecular flexibility index (Phi) is 46.9. The number of hydrogen-bond acceptors (Lipinski definition) is 6. The molecule has 6 heteroatoms. The van der Waals surface area contributed by atoms with Crippen LogP contribution in [-0.2, 0) is 28.6 Å². The molecule has 0 aliphatic rings. The molecule has 0 aliphatic heterocycles. The standard InChI is InChI=1S/C55H94O6/c1-4-7-10-13-16-19-22-25-27-28-31-33-36-39-42-45-48-54(57)60-51-52(50-59-53(56)47-44-41-38-35-32-29-24-21-18-15-12-9-6-3)61-55(58)49-46-43-40-37-34-30-26-23-20-17-14-11-8-5-2/h7,10,16,19,25,27,29-34,52H,4-6,8-9,11-15,17-18,20-24,26,28,35-51H2,1-3H3/b10-7-,19-16-,27-25-,32-29-,33-31-,34-30-. The summed E-state index contributed by atoms with van der Waals surface area (Å²) in [4.78, 5) is 37.9. The minimum absolute atomic E-state index is 0.0998. The van der Waals surface area contributed by atoms with Gasteiger partial charge in [0.15, 0.2) is 6.10 Å². The van der Waals surface area contributed by atoms with E-state index in [1.54, 1.807) is 0 Å². The topological polar surface area (TPSA) is 78.9 Å². The van der Waals surface area contributed by atoms with Gasteiger partial charge < -0.3 is 14.2 Å². The molecular formula is C55H94O6. The third kappa shape index (κ3) is 47.7. The van der Waals surface area contributed by atoms with Crippen LogP contribution < -0.4 is 0 Å². The van der Waals surface area contributed by atoms with Crippen LogP contribution in [0, 0.1) is 0 Å². The quantitative estimate of drug-likeness (QED) is 0.0263. The van der Waals surface area contributed by atoms with Crippen molar-refractivity contribution in [2.75, 3.05) is 13.2 Å². The zero-order valence-corrected chi connectivity index (χ0v) is 39.9. The fourth-order valence-electron chi connectivity index (χ4n) is 6.83. The third-order valence-corrected chi connectivity index (χ3v) is 10.7. The van der Waals surface area contributed by atoms with Crippen molar-refractivity contribution in [2.24, 2.45) is 0 Å². The summed E-state index contributed by atoms with van der Waals surface area (Å²) in [5, 5.41) is 0. The van der Waals surface area contributed by atoms with Gasteiger partial charge in [-0.15, -0.1) is 0 Å². The lowest BCUT2D eigenvalue weighted by Gasteiger charge is -2.18. The Morgan fingerprint density at radius 3 is 1.02 bits per heavy atom. The summed E-state index contributed by atoms with van der Waals surface area (Å²) in [7, 11) is 0. The van der Waals surface area contributed by atoms with Gasteiger partial charge in [0.1, 0.15) is 13.2 Å². The molecule has 350 valence electrons. The Balaban J connectivity index is 4.48. The number of carbonyl (C=O) groups is 3. The molecule has 6 nitrogen and oxygen atoms in total. The highest BCUT2D eigenvalue weighted by Crippen LogP contribution is 2.13. The van der Waals surface area contributed by atoms with E-state index >= 15 is 0 Å². The van der Waals surface area contributed by atoms with Gasteiger partial charge in [0.2, 0.25) is 0 Å². The number of unbranched alkanes of at least 4 members (excludes halogenated alkanes) is 22. The van der Waals surface area contributed by atoms with E-state index in [4.69, 9.17) is 14.2 Å². The molecule has 0 spiro atoms. The van der Waals surface area contributed by atoms with Crippen LogP contribution in [0.4, 0.5) is 0 Å². The van der Waals surface area contributed by atoms with E-state index in [1.807, 2.05) is 0 Å². The molecule has 0 saturated carbocycles. The molecule has 0 aromatic rings. The smallest absolute Gasteiger partial charge is 0.306 e. The van der Waals surface area contributed by atoms with E-state index in [-0.39, 0.29) is 31.1 Å². The first-order chi connectivity index (χ1) is 30.0. The molecule has 0 aromatic carbocycles. The predicted octanol–water partition coefficient (Wildman–Crippen LogP) is 16.6. The highest BCUT2D eigenvalue weighted by Gasteiger charge is 2.19. The molecule has 0 amide bonds. The Hall–Kier alpha value is -3.15. The van der Waals surface area contributed by atoms with Gasteiger partial charge in [-0.3, -0.25) is 14.4 Å². The van der Waals surface area contributed by atoms with Crippen LogP contribution in [0.15, 0.2) is 72.9 Å². The van der Waals surface area contributed by atoms with Crippen molar-refractivity contribution < 1.29 is 28.6 Å². The highest BCUT2D eigenvalue weighted by atomic mass is 16.6. The maximum absolute atomic E-state index is 12.8. The van der Waals surface area contributed by atoms with Crippen LogP contribution in [0.2, 0.25) is 0 Å². The molecule has 0 heterocycles. The molecule has 0 rings (SSSR count). The van der Waals surface area contributed by atoms with Crippen molar-refractivity contribution >= 4 is 17.9 Å². The van der Waals surface area contributed by atoms with Crippen LogP contribution in [0.1, 0.15) is 239 Å². The normalized spacial score (nSPS) is 12.6. The molecule has 1 atom stereocenters. The summed E-state index contributed by atoms with van der Waals surface area (Å²) in [6.07, 6.45) is 61.7. The SMILES string of the molecule is CC/C=C\C/C=C\C/C=C\C/C=C\CCCCCC(=O)OCC(COC(=O)CCCCC/C=C\CCCCCCCC)OC(=O)CCCCC/C=C\CCCCCCCCC. The number of allylic oxidation sites excluding steroid dienone is 12. The first-order valence-electron chi connectivity index (χ1n) is 25.4. The Morgan fingerprint density at radius 2 is 0.639 bits per heavy atom. The first kappa shape index (κ1) is 57.9. The van der Waals surface area contributed by atoms with Gasteiger partial charge in [0, 0.05) is 19.3 Å². The number of esters is 3. The summed E-state index contributed by atoms with van der Waals surface area (Å²) in [6.45, 7) is 6.45. The average Bonchev–Trinajstić information content (AvgIpc) is 3.26. The van der Waals surface area contributed by atoms with Gasteiger partial charge in [-0.2, -0.15) is 0 Å². The van der Waals surface area contributed by atoms with Crippen molar-refractivity contribution in [1.29, 1.82) is 0 Å². The Morgan fingerprint density at radius 1 is 0.344 bits per heavy atom. The molecule has 61 heavy (non-hydrogen) atoms. The zero-order chi connectivity index (χ0) is 44.4. The second kappa shape index (κ2) is 49.5. The highest BCUT2D eigenvalue weighted by molar-refractivity contribution is 5.71. The van der Waals surface area contributed by atoms with E-state index in [0.29, 0.717) is 19.3 Å². The minimum atomic E-state index is -0.801. The van der Waals surface area contributed by atoms with Crippen molar-refractivity contribution in [3.8, 4) is 0 Å². The lowest BCUT2D eigenvalue weighted by atomic mass is 10.1. The maximum atomic E-state index is 12.8. The van der Waals surface area contributed by atoms with E-state index in [1.165, 1.54) is 83.5 Å². The number of rotatable bonds is 45. The van der Waals surface area contributed by atoms with Gasteiger partial charge in [-0.05, 0) is 109 Å². The van der Waals surface area contributed by atoms with E-state index in [0.717, 1.165) is 116 Å². The summed E-state index contributed by atoms with van der Waals surface area (Å²) < 4.78 is 16.7. The molecule has 0 aromatic heterocycles. The van der Waals surface area contributed by atoms with E-state index < -0.39 is 6.10 Å². The fourth-order valence-corrected chi connectivity index (χ4v) is 6.83. The molecule has 0 radical (unpaired) electrons. The summed E-state index contributed by atoms with van der Waals surface area (Å²) in [5.74, 6) is -0.962. The molecule has 1 unspecified atom stereocenters. The van der Waals surface area contributed by atoms with Gasteiger partial charge in [-0.1, -0.05) is 184 Å². The van der Waals surface area contributed by atoms with Crippen molar-refractivity contribution in [3.63, 3.8) is 0 Å². The molecule has 0 bridgehead atoms. The summed E-state index contributed by atoms with van der Waals surface area (Å²) in [5.41, 5.74) is 0. The van der Waals surface area contributed by atoms with Crippen molar-refractivity contribution in [1.82, 2.24) is 0 Å². The summed E-state index contributed by atoms with van der Waals surface area (Å²) >= 11 is 0. The van der Waals surface area contributed by atoms with Crippen LogP contribution in [0.3, 0.4) is 0 Å². The Labute approximate surface area is 376 Å². The van der Waals surface area contributed by atoms with Gasteiger partial charge in [0.25, 0.3) is 0 Å². The monoisotopic (exact) mass is 851 g/mol.